The number of carbonyl (C=O) groups is 1. The summed E-state index contributed by atoms with van der Waals surface area (Å²) < 4.78 is 10.9. The molecule has 6 nitrogen and oxygen atoms in total. The second-order valence-corrected chi connectivity index (χ2v) is 8.00. The lowest BCUT2D eigenvalue weighted by molar-refractivity contribution is -0.132. The molecule has 7 heteroatoms. The molecule has 0 bridgehead atoms. The van der Waals surface area contributed by atoms with Crippen molar-refractivity contribution in [3.63, 3.8) is 0 Å². The van der Waals surface area contributed by atoms with Crippen molar-refractivity contribution in [1.29, 1.82) is 0 Å². The third-order valence-corrected chi connectivity index (χ3v) is 5.22. The van der Waals surface area contributed by atoms with Crippen LogP contribution in [0.15, 0.2) is 26.4 Å². The number of aryl methyl sites for hydroxylation is 1. The van der Waals surface area contributed by atoms with E-state index in [0.29, 0.717) is 22.9 Å². The average molecular weight is 349 g/mol. The van der Waals surface area contributed by atoms with Gasteiger partial charge in [-0.3, -0.25) is 4.79 Å². The summed E-state index contributed by atoms with van der Waals surface area (Å²) in [5.41, 5.74) is 0.784. The Morgan fingerprint density at radius 3 is 2.67 bits per heavy atom. The van der Waals surface area contributed by atoms with Gasteiger partial charge >= 0.3 is 0 Å². The molecule has 2 aromatic rings. The fraction of sp³-hybridized carbons (Fsp3) is 0.588. The molecule has 24 heavy (non-hydrogen) atoms. The van der Waals surface area contributed by atoms with E-state index in [-0.39, 0.29) is 11.2 Å². The number of hydrogen-bond donors (Lipinski definition) is 0. The summed E-state index contributed by atoms with van der Waals surface area (Å²) in [6.07, 6.45) is 2.77. The van der Waals surface area contributed by atoms with E-state index >= 15 is 0 Å². The molecule has 1 aliphatic heterocycles. The van der Waals surface area contributed by atoms with Gasteiger partial charge < -0.3 is 13.7 Å². The maximum absolute atomic E-state index is 12.7. The van der Waals surface area contributed by atoms with Crippen molar-refractivity contribution in [1.82, 2.24) is 15.1 Å². The summed E-state index contributed by atoms with van der Waals surface area (Å²) in [5, 5.41) is 8.25. The first-order chi connectivity index (χ1) is 11.4. The zero-order chi connectivity index (χ0) is 17.3. The minimum Gasteiger partial charge on any atom is -0.469 e. The van der Waals surface area contributed by atoms with E-state index in [0.717, 1.165) is 24.4 Å². The molecular formula is C17H23N3O3S. The second kappa shape index (κ2) is 7.01. The van der Waals surface area contributed by atoms with Gasteiger partial charge in [-0.05, 0) is 38.2 Å². The number of hydrogen-bond acceptors (Lipinski definition) is 6. The number of furan rings is 1. The molecule has 3 rings (SSSR count). The minimum absolute atomic E-state index is 0.137. The first kappa shape index (κ1) is 17.1. The van der Waals surface area contributed by atoms with Gasteiger partial charge in [0.05, 0.1) is 17.1 Å². The van der Waals surface area contributed by atoms with Crippen molar-refractivity contribution in [2.75, 3.05) is 13.1 Å². The van der Waals surface area contributed by atoms with Crippen molar-refractivity contribution in [2.24, 2.45) is 11.8 Å². The Morgan fingerprint density at radius 2 is 2.04 bits per heavy atom. The maximum atomic E-state index is 12.7. The largest absolute Gasteiger partial charge is 0.469 e. The fourth-order valence-electron chi connectivity index (χ4n) is 3.27. The Labute approximate surface area is 146 Å². The zero-order valence-electron chi connectivity index (χ0n) is 14.5. The predicted octanol–water partition coefficient (Wildman–Crippen LogP) is 3.62. The van der Waals surface area contributed by atoms with E-state index in [2.05, 4.69) is 24.0 Å². The molecule has 130 valence electrons. The molecular weight excluding hydrogens is 326 g/mol. The van der Waals surface area contributed by atoms with E-state index < -0.39 is 0 Å². The maximum Gasteiger partial charge on any atom is 0.277 e. The average Bonchev–Trinajstić information content (AvgIpc) is 3.14. The molecule has 1 saturated heterocycles. The van der Waals surface area contributed by atoms with Gasteiger partial charge in [0.1, 0.15) is 5.76 Å². The second-order valence-electron chi connectivity index (χ2n) is 6.71. The summed E-state index contributed by atoms with van der Waals surface area (Å²) in [6.45, 7) is 9.80. The van der Waals surface area contributed by atoms with Crippen molar-refractivity contribution < 1.29 is 13.6 Å². The van der Waals surface area contributed by atoms with Crippen LogP contribution in [0.1, 0.15) is 33.0 Å². The lowest BCUT2D eigenvalue weighted by Crippen LogP contribution is -2.45. The highest BCUT2D eigenvalue weighted by atomic mass is 32.2. The topological polar surface area (TPSA) is 72.4 Å². The summed E-state index contributed by atoms with van der Waals surface area (Å²) in [7, 11) is 0. The molecule has 0 aromatic carbocycles. The third kappa shape index (κ3) is 3.66. The minimum atomic E-state index is -0.249. The van der Waals surface area contributed by atoms with Crippen LogP contribution in [0.5, 0.6) is 0 Å². The van der Waals surface area contributed by atoms with Gasteiger partial charge in [-0.1, -0.05) is 25.6 Å². The number of rotatable bonds is 4. The molecule has 0 saturated carbocycles. The van der Waals surface area contributed by atoms with E-state index in [1.807, 2.05) is 18.7 Å². The van der Waals surface area contributed by atoms with Crippen LogP contribution in [0, 0.1) is 18.8 Å². The van der Waals surface area contributed by atoms with E-state index in [9.17, 15) is 4.79 Å². The van der Waals surface area contributed by atoms with Crippen LogP contribution in [0.4, 0.5) is 0 Å². The van der Waals surface area contributed by atoms with Crippen LogP contribution >= 0.6 is 11.8 Å². The van der Waals surface area contributed by atoms with Gasteiger partial charge in [-0.15, -0.1) is 10.2 Å². The fourth-order valence-corrected chi connectivity index (χ4v) is 4.04. The quantitative estimate of drug-likeness (QED) is 0.785. The number of amides is 1. The van der Waals surface area contributed by atoms with Crippen molar-refractivity contribution in [3.8, 4) is 11.5 Å². The van der Waals surface area contributed by atoms with Crippen LogP contribution < -0.4 is 0 Å². The number of piperidine rings is 1. The van der Waals surface area contributed by atoms with Crippen LogP contribution in [0.3, 0.4) is 0 Å². The molecule has 0 N–H and O–H groups in total. The molecule has 0 radical (unpaired) electrons. The number of thioether (sulfide) groups is 1. The Kier molecular flexibility index (Phi) is 4.99. The highest BCUT2D eigenvalue weighted by Gasteiger charge is 2.29. The predicted molar refractivity (Wildman–Crippen MR) is 91.6 cm³/mol. The lowest BCUT2D eigenvalue weighted by Gasteiger charge is -2.36. The number of nitrogens with zero attached hydrogens (tertiary/aromatic N) is 3. The lowest BCUT2D eigenvalue weighted by atomic mass is 9.92. The standard InChI is InChI=1S/C17H23N3O3S/c1-10-7-11(2)9-20(8-10)16(21)13(4)24-17-19-18-15(23-17)14-5-6-22-12(14)3/h5-6,10-11,13H,7-9H2,1-4H3. The van der Waals surface area contributed by atoms with Gasteiger partial charge in [0.2, 0.25) is 5.91 Å². The van der Waals surface area contributed by atoms with Crippen LogP contribution in [-0.4, -0.2) is 39.3 Å². The highest BCUT2D eigenvalue weighted by molar-refractivity contribution is 8.00. The van der Waals surface area contributed by atoms with Crippen molar-refractivity contribution >= 4 is 17.7 Å². The zero-order valence-corrected chi connectivity index (χ0v) is 15.3. The van der Waals surface area contributed by atoms with Gasteiger partial charge in [0, 0.05) is 13.1 Å². The Hall–Kier alpha value is -1.76. The third-order valence-electron chi connectivity index (χ3n) is 4.30. The summed E-state index contributed by atoms with van der Waals surface area (Å²) in [5.74, 6) is 2.39. The van der Waals surface area contributed by atoms with Gasteiger partial charge in [-0.25, -0.2) is 0 Å². The summed E-state index contributed by atoms with van der Waals surface area (Å²) in [4.78, 5) is 14.6. The van der Waals surface area contributed by atoms with Crippen molar-refractivity contribution in [2.45, 2.75) is 44.6 Å². The molecule has 3 heterocycles. The van der Waals surface area contributed by atoms with Gasteiger partial charge in [0.15, 0.2) is 0 Å². The number of aromatic nitrogens is 2. The summed E-state index contributed by atoms with van der Waals surface area (Å²) >= 11 is 1.31. The molecule has 1 aliphatic rings. The smallest absolute Gasteiger partial charge is 0.277 e. The Bertz CT molecular complexity index is 702. The Morgan fingerprint density at radius 1 is 1.33 bits per heavy atom. The monoisotopic (exact) mass is 349 g/mol. The normalized spacial score (nSPS) is 22.6. The molecule has 0 aliphatic carbocycles. The SMILES string of the molecule is Cc1occc1-c1nnc(SC(C)C(=O)N2CC(C)CC(C)C2)o1. The molecule has 3 unspecified atom stereocenters. The Balaban J connectivity index is 1.64. The molecule has 0 spiro atoms. The summed E-state index contributed by atoms with van der Waals surface area (Å²) in [6, 6.07) is 1.79. The van der Waals surface area contributed by atoms with Crippen LogP contribution in [-0.2, 0) is 4.79 Å². The van der Waals surface area contributed by atoms with Gasteiger partial charge in [-0.2, -0.15) is 0 Å². The first-order valence-electron chi connectivity index (χ1n) is 8.27. The van der Waals surface area contributed by atoms with Crippen LogP contribution in [0.25, 0.3) is 11.5 Å². The van der Waals surface area contributed by atoms with Crippen molar-refractivity contribution in [3.05, 3.63) is 18.1 Å². The molecule has 1 fully saturated rings. The van der Waals surface area contributed by atoms with E-state index in [4.69, 9.17) is 8.83 Å². The number of likely N-dealkylation sites (tertiary alicyclic amines) is 1. The first-order valence-corrected chi connectivity index (χ1v) is 9.15. The van der Waals surface area contributed by atoms with Gasteiger partial charge in [0.25, 0.3) is 11.1 Å². The van der Waals surface area contributed by atoms with Crippen LogP contribution in [0.2, 0.25) is 0 Å². The van der Waals surface area contributed by atoms with E-state index in [1.165, 1.54) is 18.2 Å². The highest BCUT2D eigenvalue weighted by Crippen LogP contribution is 2.30. The number of carbonyl (C=O) groups excluding carboxylic acids is 1. The molecule has 1 amide bonds. The molecule has 2 aromatic heterocycles. The molecule has 3 atom stereocenters. The van der Waals surface area contributed by atoms with E-state index in [1.54, 1.807) is 12.3 Å².